The van der Waals surface area contributed by atoms with Crippen LogP contribution in [-0.2, 0) is 15.7 Å². The van der Waals surface area contributed by atoms with Crippen LogP contribution in [0, 0.1) is 5.82 Å². The van der Waals surface area contributed by atoms with E-state index in [4.69, 9.17) is 27.0 Å². The molecule has 0 bridgehead atoms. The fourth-order valence-electron chi connectivity index (χ4n) is 1.58. The van der Waals surface area contributed by atoms with E-state index in [1.165, 1.54) is 30.3 Å². The highest BCUT2D eigenvalue weighted by molar-refractivity contribution is 9.10. The predicted octanol–water partition coefficient (Wildman–Crippen LogP) is 4.75. The van der Waals surface area contributed by atoms with Crippen LogP contribution in [0.1, 0.15) is 5.56 Å². The fourth-order valence-corrected chi connectivity index (χ4v) is 3.24. The second kappa shape index (κ2) is 6.52. The highest BCUT2D eigenvalue weighted by Crippen LogP contribution is 2.30. The van der Waals surface area contributed by atoms with Gasteiger partial charge in [0.15, 0.2) is 0 Å². The van der Waals surface area contributed by atoms with Gasteiger partial charge in [-0.1, -0.05) is 17.7 Å². The molecule has 0 fully saturated rings. The van der Waals surface area contributed by atoms with Gasteiger partial charge in [-0.15, -0.1) is 0 Å². The van der Waals surface area contributed by atoms with Crippen LogP contribution < -0.4 is 4.74 Å². The van der Waals surface area contributed by atoms with E-state index in [1.807, 2.05) is 0 Å². The molecular weight excluding hydrogens is 406 g/mol. The zero-order chi connectivity index (χ0) is 15.6. The Morgan fingerprint density at radius 1 is 1.19 bits per heavy atom. The summed E-state index contributed by atoms with van der Waals surface area (Å²) in [4.78, 5) is -0.210. The van der Waals surface area contributed by atoms with Gasteiger partial charge in [-0.2, -0.15) is 0 Å². The van der Waals surface area contributed by atoms with Gasteiger partial charge in [0.2, 0.25) is 0 Å². The summed E-state index contributed by atoms with van der Waals surface area (Å²) in [7, 11) is 1.36. The minimum Gasteiger partial charge on any atom is -0.487 e. The van der Waals surface area contributed by atoms with Crippen LogP contribution in [0.2, 0.25) is 5.02 Å². The summed E-state index contributed by atoms with van der Waals surface area (Å²) in [5.41, 5.74) is 0.663. The lowest BCUT2D eigenvalue weighted by atomic mass is 10.2. The first-order chi connectivity index (χ1) is 9.77. The van der Waals surface area contributed by atoms with Crippen molar-refractivity contribution in [1.82, 2.24) is 0 Å². The Hall–Kier alpha value is -0.820. The molecule has 2 aromatic rings. The van der Waals surface area contributed by atoms with Crippen LogP contribution in [0.15, 0.2) is 45.8 Å². The van der Waals surface area contributed by atoms with Crippen molar-refractivity contribution in [2.45, 2.75) is 11.5 Å². The van der Waals surface area contributed by atoms with Crippen LogP contribution in [-0.4, -0.2) is 8.42 Å². The molecule has 0 radical (unpaired) electrons. The minimum absolute atomic E-state index is 0.0555. The van der Waals surface area contributed by atoms with Crippen molar-refractivity contribution in [3.05, 3.63) is 57.3 Å². The first-order valence-electron chi connectivity index (χ1n) is 5.58. The molecule has 0 aliphatic carbocycles. The summed E-state index contributed by atoms with van der Waals surface area (Å²) >= 11 is 8.81. The van der Waals surface area contributed by atoms with Crippen LogP contribution in [0.5, 0.6) is 5.75 Å². The Balaban J connectivity index is 2.26. The molecule has 0 amide bonds. The third kappa shape index (κ3) is 4.32. The Kier molecular flexibility index (Phi) is 5.14. The lowest BCUT2D eigenvalue weighted by molar-refractivity contribution is 0.298. The second-order valence-corrected chi connectivity index (χ2v) is 7.89. The lowest BCUT2D eigenvalue weighted by Crippen LogP contribution is -2.01. The van der Waals surface area contributed by atoms with Gasteiger partial charge in [-0.05, 0) is 51.8 Å². The molecule has 0 aliphatic heterocycles. The highest BCUT2D eigenvalue weighted by atomic mass is 79.9. The molecule has 112 valence electrons. The van der Waals surface area contributed by atoms with Crippen molar-refractivity contribution in [2.24, 2.45) is 0 Å². The van der Waals surface area contributed by atoms with E-state index < -0.39 is 14.9 Å². The summed E-state index contributed by atoms with van der Waals surface area (Å²) in [6.45, 7) is 0.0555. The van der Waals surface area contributed by atoms with Gasteiger partial charge in [-0.25, -0.2) is 12.8 Å². The largest absolute Gasteiger partial charge is 0.487 e. The molecule has 0 aliphatic rings. The van der Waals surface area contributed by atoms with Gasteiger partial charge >= 0.3 is 0 Å². The summed E-state index contributed by atoms with van der Waals surface area (Å²) in [6, 6.07) is 8.47. The van der Waals surface area contributed by atoms with Crippen molar-refractivity contribution < 1.29 is 17.5 Å². The SMILES string of the molecule is O=S(=O)(Cl)c1cc(Cl)ccc1OCc1ccc(F)c(Br)c1. The molecule has 0 spiro atoms. The smallest absolute Gasteiger partial charge is 0.265 e. The van der Waals surface area contributed by atoms with Crippen molar-refractivity contribution in [3.8, 4) is 5.75 Å². The second-order valence-electron chi connectivity index (χ2n) is 4.07. The fraction of sp³-hybridized carbons (Fsp3) is 0.0769. The van der Waals surface area contributed by atoms with Crippen LogP contribution in [0.25, 0.3) is 0 Å². The number of hydrogen-bond acceptors (Lipinski definition) is 3. The molecule has 2 aromatic carbocycles. The average Bonchev–Trinajstić information content (AvgIpc) is 2.40. The Bertz CT molecular complexity index is 781. The van der Waals surface area contributed by atoms with E-state index >= 15 is 0 Å². The van der Waals surface area contributed by atoms with Gasteiger partial charge in [0.1, 0.15) is 23.1 Å². The highest BCUT2D eigenvalue weighted by Gasteiger charge is 2.17. The summed E-state index contributed by atoms with van der Waals surface area (Å²) in [5, 5.41) is 0.228. The maximum absolute atomic E-state index is 13.1. The summed E-state index contributed by atoms with van der Waals surface area (Å²) in [5.74, 6) is -0.316. The molecule has 0 saturated heterocycles. The molecule has 21 heavy (non-hydrogen) atoms. The number of halogens is 4. The van der Waals surface area contributed by atoms with E-state index in [0.29, 0.717) is 10.0 Å². The standard InChI is InChI=1S/C13H8BrCl2FO3S/c14-10-5-8(1-3-11(10)17)7-20-12-4-2-9(15)6-13(12)21(16,18)19/h1-6H,7H2. The zero-order valence-corrected chi connectivity index (χ0v) is 14.2. The Labute approximate surface area is 139 Å². The zero-order valence-electron chi connectivity index (χ0n) is 10.3. The number of benzene rings is 2. The quantitative estimate of drug-likeness (QED) is 0.679. The molecule has 8 heteroatoms. The molecule has 0 unspecified atom stereocenters. The molecule has 3 nitrogen and oxygen atoms in total. The van der Waals surface area contributed by atoms with Crippen molar-refractivity contribution in [1.29, 1.82) is 0 Å². The van der Waals surface area contributed by atoms with Crippen molar-refractivity contribution >= 4 is 47.3 Å². The van der Waals surface area contributed by atoms with Gasteiger partial charge in [0.05, 0.1) is 4.47 Å². The predicted molar refractivity (Wildman–Crippen MR) is 82.9 cm³/mol. The molecule has 0 N–H and O–H groups in total. The molecular formula is C13H8BrCl2FO3S. The summed E-state index contributed by atoms with van der Waals surface area (Å²) in [6.07, 6.45) is 0. The van der Waals surface area contributed by atoms with Crippen molar-refractivity contribution in [3.63, 3.8) is 0 Å². The Morgan fingerprint density at radius 3 is 2.52 bits per heavy atom. The first kappa shape index (κ1) is 16.5. The Morgan fingerprint density at radius 2 is 1.90 bits per heavy atom. The average molecular weight is 414 g/mol. The van der Waals surface area contributed by atoms with E-state index in [0.717, 1.165) is 0 Å². The summed E-state index contributed by atoms with van der Waals surface area (Å²) < 4.78 is 41.8. The number of rotatable bonds is 4. The van der Waals surface area contributed by atoms with Crippen LogP contribution >= 0.6 is 38.2 Å². The molecule has 0 aromatic heterocycles. The minimum atomic E-state index is -3.98. The maximum Gasteiger partial charge on any atom is 0.265 e. The number of ether oxygens (including phenoxy) is 1. The van der Waals surface area contributed by atoms with Crippen LogP contribution in [0.4, 0.5) is 4.39 Å². The molecule has 2 rings (SSSR count). The molecule has 0 saturated carbocycles. The lowest BCUT2D eigenvalue weighted by Gasteiger charge is -2.10. The van der Waals surface area contributed by atoms with E-state index in [-0.39, 0.29) is 22.3 Å². The van der Waals surface area contributed by atoms with Gasteiger partial charge in [0.25, 0.3) is 9.05 Å². The van der Waals surface area contributed by atoms with Crippen LogP contribution in [0.3, 0.4) is 0 Å². The van der Waals surface area contributed by atoms with E-state index in [1.54, 1.807) is 6.07 Å². The monoisotopic (exact) mass is 412 g/mol. The normalized spacial score (nSPS) is 11.4. The number of hydrogen-bond donors (Lipinski definition) is 0. The van der Waals surface area contributed by atoms with Gasteiger partial charge < -0.3 is 4.74 Å². The van der Waals surface area contributed by atoms with Crippen molar-refractivity contribution in [2.75, 3.05) is 0 Å². The first-order valence-corrected chi connectivity index (χ1v) is 9.06. The third-order valence-corrected chi connectivity index (χ3v) is 4.73. The van der Waals surface area contributed by atoms with Gasteiger partial charge in [-0.3, -0.25) is 0 Å². The van der Waals surface area contributed by atoms with E-state index in [9.17, 15) is 12.8 Å². The van der Waals surface area contributed by atoms with E-state index in [2.05, 4.69) is 15.9 Å². The third-order valence-electron chi connectivity index (χ3n) is 2.55. The maximum atomic E-state index is 13.1. The molecule has 0 heterocycles. The van der Waals surface area contributed by atoms with Gasteiger partial charge in [0, 0.05) is 15.7 Å². The topological polar surface area (TPSA) is 43.4 Å². The molecule has 0 atom stereocenters.